The largest absolute Gasteiger partial charge is 0.368 e. The molecule has 0 heterocycles. The first-order valence-corrected chi connectivity index (χ1v) is 6.70. The van der Waals surface area contributed by atoms with Crippen molar-refractivity contribution in [2.75, 3.05) is 0 Å². The van der Waals surface area contributed by atoms with E-state index in [1.54, 1.807) is 0 Å². The maximum atomic E-state index is 11.3. The zero-order chi connectivity index (χ0) is 13.3. The SMILES string of the molecule is CCC(NC1CC(C)(C)CC(C)(C)C1)C(N)=O. The van der Waals surface area contributed by atoms with E-state index in [-0.39, 0.29) is 11.9 Å². The summed E-state index contributed by atoms with van der Waals surface area (Å²) in [5, 5.41) is 3.44. The maximum Gasteiger partial charge on any atom is 0.234 e. The van der Waals surface area contributed by atoms with E-state index in [0.717, 1.165) is 19.3 Å². The fourth-order valence-electron chi connectivity index (χ4n) is 3.65. The van der Waals surface area contributed by atoms with Crippen LogP contribution in [0.1, 0.15) is 60.3 Å². The Balaban J connectivity index is 2.68. The lowest BCUT2D eigenvalue weighted by Crippen LogP contribution is -2.51. The number of hydrogen-bond donors (Lipinski definition) is 2. The van der Waals surface area contributed by atoms with Crippen LogP contribution < -0.4 is 11.1 Å². The molecule has 0 saturated heterocycles. The van der Waals surface area contributed by atoms with Crippen molar-refractivity contribution in [2.45, 2.75) is 72.4 Å². The van der Waals surface area contributed by atoms with Crippen LogP contribution in [-0.2, 0) is 4.79 Å². The number of rotatable bonds is 4. The highest BCUT2D eigenvalue weighted by atomic mass is 16.1. The highest BCUT2D eigenvalue weighted by molar-refractivity contribution is 5.79. The van der Waals surface area contributed by atoms with Gasteiger partial charge in [0.1, 0.15) is 0 Å². The molecule has 1 rings (SSSR count). The van der Waals surface area contributed by atoms with Crippen molar-refractivity contribution in [3.8, 4) is 0 Å². The maximum absolute atomic E-state index is 11.3. The van der Waals surface area contributed by atoms with Gasteiger partial charge in [0.15, 0.2) is 0 Å². The molecule has 100 valence electrons. The summed E-state index contributed by atoms with van der Waals surface area (Å²) >= 11 is 0. The number of primary amides is 1. The quantitative estimate of drug-likeness (QED) is 0.793. The molecule has 1 unspecified atom stereocenters. The van der Waals surface area contributed by atoms with Gasteiger partial charge in [0, 0.05) is 6.04 Å². The normalized spacial score (nSPS) is 25.5. The van der Waals surface area contributed by atoms with E-state index in [0.29, 0.717) is 16.9 Å². The van der Waals surface area contributed by atoms with Crippen molar-refractivity contribution in [2.24, 2.45) is 16.6 Å². The number of nitrogens with two attached hydrogens (primary N) is 1. The monoisotopic (exact) mass is 240 g/mol. The van der Waals surface area contributed by atoms with Crippen LogP contribution in [0.2, 0.25) is 0 Å². The molecule has 0 radical (unpaired) electrons. The third kappa shape index (κ3) is 4.30. The minimum absolute atomic E-state index is 0.176. The third-order valence-corrected chi connectivity index (χ3v) is 3.74. The van der Waals surface area contributed by atoms with Gasteiger partial charge in [0.05, 0.1) is 6.04 Å². The highest BCUT2D eigenvalue weighted by Crippen LogP contribution is 2.45. The Morgan fingerprint density at radius 3 is 2.12 bits per heavy atom. The Labute approximate surface area is 106 Å². The Morgan fingerprint density at radius 2 is 1.76 bits per heavy atom. The summed E-state index contributed by atoms with van der Waals surface area (Å²) in [5.41, 5.74) is 6.08. The van der Waals surface area contributed by atoms with Crippen LogP contribution >= 0.6 is 0 Å². The summed E-state index contributed by atoms with van der Waals surface area (Å²) in [4.78, 5) is 11.3. The number of amides is 1. The topological polar surface area (TPSA) is 55.1 Å². The molecule has 1 saturated carbocycles. The van der Waals surface area contributed by atoms with Crippen LogP contribution in [0.4, 0.5) is 0 Å². The summed E-state index contributed by atoms with van der Waals surface area (Å²) in [7, 11) is 0. The molecule has 3 nitrogen and oxygen atoms in total. The van der Waals surface area contributed by atoms with Gasteiger partial charge in [-0.3, -0.25) is 4.79 Å². The fraction of sp³-hybridized carbons (Fsp3) is 0.929. The predicted octanol–water partition coefficient (Wildman–Crippen LogP) is 2.44. The summed E-state index contributed by atoms with van der Waals surface area (Å²) in [6.07, 6.45) is 4.26. The first-order chi connectivity index (χ1) is 7.65. The van der Waals surface area contributed by atoms with E-state index >= 15 is 0 Å². The Bertz CT molecular complexity index is 268. The predicted molar refractivity (Wildman–Crippen MR) is 71.6 cm³/mol. The molecule has 1 aliphatic carbocycles. The minimum Gasteiger partial charge on any atom is -0.368 e. The molecule has 3 N–H and O–H groups in total. The summed E-state index contributed by atoms with van der Waals surface area (Å²) in [6.45, 7) is 11.3. The number of carbonyl (C=O) groups is 1. The van der Waals surface area contributed by atoms with E-state index in [1.165, 1.54) is 6.42 Å². The minimum atomic E-state index is -0.228. The van der Waals surface area contributed by atoms with Crippen molar-refractivity contribution in [1.29, 1.82) is 0 Å². The van der Waals surface area contributed by atoms with E-state index in [2.05, 4.69) is 33.0 Å². The van der Waals surface area contributed by atoms with Gasteiger partial charge in [-0.2, -0.15) is 0 Å². The van der Waals surface area contributed by atoms with Crippen LogP contribution in [0, 0.1) is 10.8 Å². The van der Waals surface area contributed by atoms with E-state index < -0.39 is 0 Å². The first-order valence-electron chi connectivity index (χ1n) is 6.70. The molecular formula is C14H28N2O. The van der Waals surface area contributed by atoms with Gasteiger partial charge in [-0.15, -0.1) is 0 Å². The zero-order valence-electron chi connectivity index (χ0n) is 12.0. The van der Waals surface area contributed by atoms with Crippen molar-refractivity contribution < 1.29 is 4.79 Å². The van der Waals surface area contributed by atoms with Gasteiger partial charge in [0.2, 0.25) is 5.91 Å². The van der Waals surface area contributed by atoms with Gasteiger partial charge < -0.3 is 11.1 Å². The summed E-state index contributed by atoms with van der Waals surface area (Å²) in [6, 6.07) is 0.232. The van der Waals surface area contributed by atoms with E-state index in [4.69, 9.17) is 5.73 Å². The molecule has 1 amide bonds. The molecular weight excluding hydrogens is 212 g/mol. The van der Waals surface area contributed by atoms with Gasteiger partial charge in [-0.05, 0) is 36.5 Å². The molecule has 0 aromatic carbocycles. The van der Waals surface area contributed by atoms with Gasteiger partial charge >= 0.3 is 0 Å². The second-order valence-corrected chi connectivity index (χ2v) is 7.14. The second kappa shape index (κ2) is 4.97. The second-order valence-electron chi connectivity index (χ2n) is 7.14. The van der Waals surface area contributed by atoms with Crippen molar-refractivity contribution in [3.63, 3.8) is 0 Å². The van der Waals surface area contributed by atoms with Crippen LogP contribution in [0.5, 0.6) is 0 Å². The highest BCUT2D eigenvalue weighted by Gasteiger charge is 2.39. The lowest BCUT2D eigenvalue weighted by molar-refractivity contribution is -0.120. The Morgan fingerprint density at radius 1 is 1.29 bits per heavy atom. The lowest BCUT2D eigenvalue weighted by Gasteiger charge is -2.46. The van der Waals surface area contributed by atoms with Crippen molar-refractivity contribution in [3.05, 3.63) is 0 Å². The summed E-state index contributed by atoms with van der Waals surface area (Å²) in [5.74, 6) is -0.228. The molecule has 0 bridgehead atoms. The van der Waals surface area contributed by atoms with Gasteiger partial charge in [-0.25, -0.2) is 0 Å². The molecule has 1 atom stereocenters. The van der Waals surface area contributed by atoms with Crippen molar-refractivity contribution >= 4 is 5.91 Å². The van der Waals surface area contributed by atoms with Gasteiger partial charge in [-0.1, -0.05) is 34.6 Å². The fourth-order valence-corrected chi connectivity index (χ4v) is 3.65. The molecule has 1 aliphatic rings. The van der Waals surface area contributed by atoms with Crippen LogP contribution in [0.25, 0.3) is 0 Å². The molecule has 0 aliphatic heterocycles. The molecule has 0 aromatic rings. The smallest absolute Gasteiger partial charge is 0.234 e. The third-order valence-electron chi connectivity index (χ3n) is 3.74. The molecule has 17 heavy (non-hydrogen) atoms. The van der Waals surface area contributed by atoms with Crippen LogP contribution in [0.15, 0.2) is 0 Å². The molecule has 3 heteroatoms. The van der Waals surface area contributed by atoms with Crippen molar-refractivity contribution in [1.82, 2.24) is 5.32 Å². The summed E-state index contributed by atoms with van der Waals surface area (Å²) < 4.78 is 0. The number of nitrogens with one attached hydrogen (secondary N) is 1. The lowest BCUT2D eigenvalue weighted by atomic mass is 9.63. The zero-order valence-corrected chi connectivity index (χ0v) is 12.0. The molecule has 0 spiro atoms. The number of carbonyl (C=O) groups excluding carboxylic acids is 1. The van der Waals surface area contributed by atoms with Crippen LogP contribution in [-0.4, -0.2) is 18.0 Å². The number of hydrogen-bond acceptors (Lipinski definition) is 2. The standard InChI is InChI=1S/C14H28N2O/c1-6-11(12(15)17)16-10-7-13(2,3)9-14(4,5)8-10/h10-11,16H,6-9H2,1-5H3,(H2,15,17). The van der Waals surface area contributed by atoms with Crippen LogP contribution in [0.3, 0.4) is 0 Å². The average molecular weight is 240 g/mol. The van der Waals surface area contributed by atoms with Gasteiger partial charge in [0.25, 0.3) is 0 Å². The first kappa shape index (κ1) is 14.5. The molecule has 1 fully saturated rings. The van der Waals surface area contributed by atoms with E-state index in [9.17, 15) is 4.79 Å². The Kier molecular flexibility index (Phi) is 4.23. The average Bonchev–Trinajstić information content (AvgIpc) is 2.08. The molecule has 0 aromatic heterocycles. The van der Waals surface area contributed by atoms with E-state index in [1.807, 2.05) is 6.92 Å². The Hall–Kier alpha value is -0.570.